The van der Waals surface area contributed by atoms with Gasteiger partial charge < -0.3 is 5.73 Å². The molecule has 2 atom stereocenters. The van der Waals surface area contributed by atoms with Gasteiger partial charge >= 0.3 is 0 Å². The summed E-state index contributed by atoms with van der Waals surface area (Å²) in [6.45, 7) is 5.24. The first kappa shape index (κ1) is 17.4. The maximum Gasteiger partial charge on any atom is 0.227 e. The Bertz CT molecular complexity index is 756. The molecule has 1 aromatic rings. The highest BCUT2D eigenvalue weighted by Crippen LogP contribution is 2.44. The van der Waals surface area contributed by atoms with E-state index < -0.39 is 11.8 Å². The van der Waals surface area contributed by atoms with E-state index in [0.717, 1.165) is 10.4 Å². The van der Waals surface area contributed by atoms with Crippen molar-refractivity contribution in [1.82, 2.24) is 0 Å². The summed E-state index contributed by atoms with van der Waals surface area (Å²) in [5.74, 6) is -1.40. The van der Waals surface area contributed by atoms with E-state index in [9.17, 15) is 14.9 Å². The van der Waals surface area contributed by atoms with Crippen LogP contribution in [0.5, 0.6) is 0 Å². The van der Waals surface area contributed by atoms with E-state index in [0.29, 0.717) is 16.3 Å². The first-order chi connectivity index (χ1) is 10.9. The van der Waals surface area contributed by atoms with Crippen molar-refractivity contribution in [1.29, 1.82) is 5.26 Å². The Kier molecular flexibility index (Phi) is 5.39. The van der Waals surface area contributed by atoms with Crippen molar-refractivity contribution in [3.8, 4) is 6.07 Å². The molecular weight excluding hydrogens is 330 g/mol. The number of carbonyl (C=O) groups is 2. The molecule has 7 heteroatoms. The van der Waals surface area contributed by atoms with Gasteiger partial charge in [0, 0.05) is 22.1 Å². The first-order valence-corrected chi connectivity index (χ1v) is 8.88. The molecule has 1 aromatic heterocycles. The number of nitriles is 1. The minimum Gasteiger partial charge on any atom is -0.369 e. The lowest BCUT2D eigenvalue weighted by Gasteiger charge is -2.29. The van der Waals surface area contributed by atoms with Crippen LogP contribution in [0.15, 0.2) is 27.7 Å². The van der Waals surface area contributed by atoms with Crippen LogP contribution in [-0.4, -0.2) is 22.5 Å². The second-order valence-electron chi connectivity index (χ2n) is 5.31. The van der Waals surface area contributed by atoms with Crippen LogP contribution in [0.25, 0.3) is 0 Å². The lowest BCUT2D eigenvalue weighted by atomic mass is 9.80. The highest BCUT2D eigenvalue weighted by Gasteiger charge is 2.38. The normalized spacial score (nSPS) is 20.9. The molecule has 0 spiro atoms. The van der Waals surface area contributed by atoms with Crippen molar-refractivity contribution >= 4 is 39.8 Å². The molecule has 5 nitrogen and oxygen atoms in total. The topological polar surface area (TPSA) is 96.3 Å². The molecule has 2 heterocycles. The number of hydrogen-bond donors (Lipinski definition) is 1. The second-order valence-corrected chi connectivity index (χ2v) is 7.26. The van der Waals surface area contributed by atoms with Crippen molar-refractivity contribution in [2.45, 2.75) is 26.7 Å². The smallest absolute Gasteiger partial charge is 0.227 e. The highest BCUT2D eigenvalue weighted by molar-refractivity contribution is 8.14. The Labute approximate surface area is 143 Å². The number of aliphatic imine (C=N–C) groups is 1. The summed E-state index contributed by atoms with van der Waals surface area (Å²) in [6.07, 6.45) is 0. The summed E-state index contributed by atoms with van der Waals surface area (Å²) in [5.41, 5.74) is 7.43. The molecule has 0 saturated carbocycles. The molecule has 23 heavy (non-hydrogen) atoms. The van der Waals surface area contributed by atoms with Gasteiger partial charge in [0.2, 0.25) is 5.91 Å². The second kappa shape index (κ2) is 7.11. The van der Waals surface area contributed by atoms with Gasteiger partial charge in [0.1, 0.15) is 5.92 Å². The third-order valence-corrected chi connectivity index (χ3v) is 5.81. The van der Waals surface area contributed by atoms with Gasteiger partial charge in [0.15, 0.2) is 5.78 Å². The quantitative estimate of drug-likeness (QED) is 0.905. The number of hydrogen-bond acceptors (Lipinski definition) is 6. The molecule has 1 unspecified atom stereocenters. The zero-order valence-corrected chi connectivity index (χ0v) is 14.8. The van der Waals surface area contributed by atoms with E-state index in [1.807, 2.05) is 18.4 Å². The predicted octanol–water partition coefficient (Wildman–Crippen LogP) is 2.77. The number of thiophene rings is 1. The summed E-state index contributed by atoms with van der Waals surface area (Å²) in [4.78, 5) is 28.6. The van der Waals surface area contributed by atoms with E-state index in [2.05, 4.69) is 11.1 Å². The van der Waals surface area contributed by atoms with Gasteiger partial charge in [-0.15, -0.1) is 11.3 Å². The molecule has 0 aromatic carbocycles. The highest BCUT2D eigenvalue weighted by atomic mass is 32.2. The minimum absolute atomic E-state index is 0.0653. The Balaban J connectivity index is 2.56. The van der Waals surface area contributed by atoms with Gasteiger partial charge in [-0.25, -0.2) is 4.99 Å². The predicted molar refractivity (Wildman–Crippen MR) is 93.4 cm³/mol. The number of rotatable bonds is 4. The molecular formula is C16H17N3O2S2. The Morgan fingerprint density at radius 2 is 2.17 bits per heavy atom. The van der Waals surface area contributed by atoms with Crippen molar-refractivity contribution < 1.29 is 9.59 Å². The minimum atomic E-state index is -0.584. The van der Waals surface area contributed by atoms with Crippen molar-refractivity contribution in [2.75, 3.05) is 5.75 Å². The summed E-state index contributed by atoms with van der Waals surface area (Å²) < 4.78 is 0. The fourth-order valence-electron chi connectivity index (χ4n) is 2.69. The number of carbonyl (C=O) groups excluding carboxylic acids is 2. The van der Waals surface area contributed by atoms with Gasteiger partial charge in [-0.3, -0.25) is 9.59 Å². The lowest BCUT2D eigenvalue weighted by molar-refractivity contribution is -0.115. The fraction of sp³-hybridized carbons (Fsp3) is 0.375. The van der Waals surface area contributed by atoms with Crippen LogP contribution in [0.3, 0.4) is 0 Å². The average molecular weight is 347 g/mol. The van der Waals surface area contributed by atoms with Gasteiger partial charge in [0.25, 0.3) is 0 Å². The van der Waals surface area contributed by atoms with Crippen LogP contribution in [0.1, 0.15) is 30.2 Å². The molecule has 0 radical (unpaired) electrons. The van der Waals surface area contributed by atoms with E-state index in [1.165, 1.54) is 30.0 Å². The summed E-state index contributed by atoms with van der Waals surface area (Å²) >= 11 is 2.71. The van der Waals surface area contributed by atoms with Crippen LogP contribution < -0.4 is 5.73 Å². The van der Waals surface area contributed by atoms with Crippen molar-refractivity contribution in [3.63, 3.8) is 0 Å². The van der Waals surface area contributed by atoms with Crippen LogP contribution in [0.2, 0.25) is 0 Å². The van der Waals surface area contributed by atoms with Crippen LogP contribution in [-0.2, 0) is 9.59 Å². The lowest BCUT2D eigenvalue weighted by Crippen LogP contribution is -2.29. The average Bonchev–Trinajstić information content (AvgIpc) is 2.89. The molecule has 1 aliphatic rings. The Hall–Kier alpha value is -1.91. The zero-order valence-electron chi connectivity index (χ0n) is 13.1. The van der Waals surface area contributed by atoms with Gasteiger partial charge in [-0.1, -0.05) is 11.8 Å². The molecule has 0 aliphatic carbocycles. The van der Waals surface area contributed by atoms with Crippen molar-refractivity contribution in [3.05, 3.63) is 33.2 Å². The number of ketones is 1. The third-order valence-electron chi connectivity index (χ3n) is 3.64. The van der Waals surface area contributed by atoms with Crippen LogP contribution >= 0.6 is 23.1 Å². The van der Waals surface area contributed by atoms with Gasteiger partial charge in [0.05, 0.1) is 16.9 Å². The van der Waals surface area contributed by atoms with E-state index in [1.54, 1.807) is 6.92 Å². The summed E-state index contributed by atoms with van der Waals surface area (Å²) in [6, 6.07) is 4.24. The molecule has 1 aliphatic heterocycles. The fourth-order valence-corrected chi connectivity index (χ4v) is 4.62. The number of nitrogens with zero attached hydrogens (tertiary/aromatic N) is 2. The zero-order chi connectivity index (χ0) is 17.1. The van der Waals surface area contributed by atoms with E-state index in [-0.39, 0.29) is 17.5 Å². The maximum absolute atomic E-state index is 12.1. The van der Waals surface area contributed by atoms with Crippen molar-refractivity contribution in [2.24, 2.45) is 16.6 Å². The molecule has 1 amide bonds. The molecule has 2 rings (SSSR count). The van der Waals surface area contributed by atoms with Gasteiger partial charge in [-0.2, -0.15) is 5.26 Å². The monoisotopic (exact) mass is 347 g/mol. The standard InChI is InChI=1S/C16H17N3O2S2/c1-8-4-5-22-15(8)14-11(6-17)16(23-7-12(18)21)19-9(2)13(14)10(3)20/h4-5,11,14H,7H2,1-3H3,(H2,18,21)/t11?,14-/m1/s1. The van der Waals surface area contributed by atoms with Crippen LogP contribution in [0, 0.1) is 24.2 Å². The SMILES string of the molecule is CC(=O)C1=C(C)N=C(SCC(N)=O)C(C#N)[C@H]1c1sccc1C. The molecule has 120 valence electrons. The molecule has 0 fully saturated rings. The largest absolute Gasteiger partial charge is 0.369 e. The number of thioether (sulfide) groups is 1. The molecule has 2 N–H and O–H groups in total. The number of nitrogens with two attached hydrogens (primary N) is 1. The van der Waals surface area contributed by atoms with Gasteiger partial charge in [-0.05, 0) is 37.8 Å². The molecule has 0 saturated heterocycles. The van der Waals surface area contributed by atoms with E-state index in [4.69, 9.17) is 5.73 Å². The van der Waals surface area contributed by atoms with Crippen LogP contribution in [0.4, 0.5) is 0 Å². The number of Topliss-reactive ketones (excluding diaryl/α,β-unsaturated/α-hetero) is 1. The number of amides is 1. The maximum atomic E-state index is 12.1. The van der Waals surface area contributed by atoms with E-state index >= 15 is 0 Å². The third kappa shape index (κ3) is 3.54. The number of aryl methyl sites for hydroxylation is 1. The number of primary amides is 1. The first-order valence-electron chi connectivity index (χ1n) is 7.01. The number of allylic oxidation sites excluding steroid dienone is 2. The summed E-state index contributed by atoms with van der Waals surface area (Å²) in [5, 5.41) is 12.2. The Morgan fingerprint density at radius 3 is 2.65 bits per heavy atom. The molecule has 0 bridgehead atoms. The Morgan fingerprint density at radius 1 is 1.48 bits per heavy atom. The summed E-state index contributed by atoms with van der Waals surface area (Å²) in [7, 11) is 0.